The molecule has 0 bridgehead atoms. The lowest BCUT2D eigenvalue weighted by atomic mass is 9.87. The molecule has 168 valence electrons. The highest BCUT2D eigenvalue weighted by Gasteiger charge is 2.38. The Balaban J connectivity index is 1.84. The number of terminal acetylenes is 1. The maximum Gasteiger partial charge on any atom is 0.251 e. The fourth-order valence-corrected chi connectivity index (χ4v) is 5.50. The minimum absolute atomic E-state index is 0.131. The highest BCUT2D eigenvalue weighted by atomic mass is 35.5. The maximum absolute atomic E-state index is 12.8. The lowest BCUT2D eigenvalue weighted by Crippen LogP contribution is -2.30. The monoisotopic (exact) mass is 485 g/mol. The van der Waals surface area contributed by atoms with Crippen molar-refractivity contribution in [2.45, 2.75) is 5.60 Å². The van der Waals surface area contributed by atoms with Crippen molar-refractivity contribution in [3.63, 3.8) is 0 Å². The molecule has 0 radical (unpaired) electrons. The van der Waals surface area contributed by atoms with Crippen molar-refractivity contribution in [2.24, 2.45) is 14.1 Å². The van der Waals surface area contributed by atoms with Gasteiger partial charge in [-0.3, -0.25) is 4.79 Å². The van der Waals surface area contributed by atoms with Gasteiger partial charge in [0.2, 0.25) is 0 Å². The molecule has 5 rings (SSSR count). The van der Waals surface area contributed by atoms with Crippen molar-refractivity contribution >= 4 is 33.8 Å². The largest absolute Gasteiger partial charge is 0.374 e. The zero-order valence-electron chi connectivity index (χ0n) is 18.5. The number of pyridine rings is 1. The van der Waals surface area contributed by atoms with E-state index in [1.807, 2.05) is 55.6 Å². The Morgan fingerprint density at radius 2 is 1.94 bits per heavy atom. The van der Waals surface area contributed by atoms with Gasteiger partial charge in [-0.15, -0.1) is 17.8 Å². The minimum atomic E-state index is -1.50. The summed E-state index contributed by atoms with van der Waals surface area (Å²) in [5.41, 5.74) is 2.65. The van der Waals surface area contributed by atoms with Crippen LogP contribution in [0.25, 0.3) is 22.0 Å². The predicted molar refractivity (Wildman–Crippen MR) is 137 cm³/mol. The average molecular weight is 486 g/mol. The number of halogens is 1. The number of hydrogen-bond acceptors (Lipinski definition) is 4. The Morgan fingerprint density at radius 1 is 1.12 bits per heavy atom. The number of hydrogen-bond donors (Lipinski definition) is 1. The van der Waals surface area contributed by atoms with Gasteiger partial charge in [0.15, 0.2) is 5.60 Å². The summed E-state index contributed by atoms with van der Waals surface area (Å²) >= 11 is 7.56. The first-order chi connectivity index (χ1) is 16.3. The highest BCUT2D eigenvalue weighted by Crippen LogP contribution is 2.42. The van der Waals surface area contributed by atoms with E-state index in [9.17, 15) is 9.90 Å². The molecule has 0 aliphatic carbocycles. The van der Waals surface area contributed by atoms with Crippen molar-refractivity contribution in [1.29, 1.82) is 0 Å². The lowest BCUT2D eigenvalue weighted by molar-refractivity contribution is 0.121. The summed E-state index contributed by atoms with van der Waals surface area (Å²) in [5.74, 6) is 2.65. The second-order valence-electron chi connectivity index (χ2n) is 8.12. The summed E-state index contributed by atoms with van der Waals surface area (Å²) in [6.07, 6.45) is 8.91. The van der Waals surface area contributed by atoms with Gasteiger partial charge in [-0.2, -0.15) is 0 Å². The van der Waals surface area contributed by atoms with Crippen molar-refractivity contribution in [2.75, 3.05) is 0 Å². The third kappa shape index (κ3) is 3.46. The number of benzene rings is 2. The fraction of sp³-hybridized carbons (Fsp3) is 0.111. The first-order valence-corrected chi connectivity index (χ1v) is 11.7. The van der Waals surface area contributed by atoms with E-state index in [1.165, 1.54) is 11.3 Å². The molecule has 3 aromatic heterocycles. The van der Waals surface area contributed by atoms with E-state index >= 15 is 0 Å². The number of nitrogens with zero attached hydrogens (tertiary/aromatic N) is 3. The summed E-state index contributed by atoms with van der Waals surface area (Å²) in [4.78, 5) is 17.7. The van der Waals surface area contributed by atoms with Gasteiger partial charge in [0.1, 0.15) is 0 Å². The van der Waals surface area contributed by atoms with Gasteiger partial charge in [0.25, 0.3) is 5.56 Å². The van der Waals surface area contributed by atoms with Crippen LogP contribution in [0.1, 0.15) is 21.7 Å². The number of aromatic nitrogens is 3. The minimum Gasteiger partial charge on any atom is -0.374 e. The van der Waals surface area contributed by atoms with E-state index in [1.54, 1.807) is 40.8 Å². The van der Waals surface area contributed by atoms with Crippen LogP contribution < -0.4 is 5.56 Å². The van der Waals surface area contributed by atoms with Gasteiger partial charge >= 0.3 is 0 Å². The van der Waals surface area contributed by atoms with Crippen molar-refractivity contribution in [3.8, 4) is 23.5 Å². The van der Waals surface area contributed by atoms with Crippen LogP contribution in [0.15, 0.2) is 78.0 Å². The molecule has 0 spiro atoms. The van der Waals surface area contributed by atoms with Gasteiger partial charge < -0.3 is 14.2 Å². The molecule has 0 saturated heterocycles. The molecule has 0 saturated carbocycles. The summed E-state index contributed by atoms with van der Waals surface area (Å²) in [6, 6.07) is 18.3. The Morgan fingerprint density at radius 3 is 2.62 bits per heavy atom. The smallest absolute Gasteiger partial charge is 0.251 e. The second-order valence-corrected chi connectivity index (χ2v) is 9.83. The van der Waals surface area contributed by atoms with Crippen LogP contribution in [0.4, 0.5) is 0 Å². The van der Waals surface area contributed by atoms with E-state index in [4.69, 9.17) is 18.0 Å². The molecule has 34 heavy (non-hydrogen) atoms. The Bertz CT molecular complexity index is 1660. The quantitative estimate of drug-likeness (QED) is 0.367. The number of thiophene rings is 1. The summed E-state index contributed by atoms with van der Waals surface area (Å²) < 4.78 is 3.96. The van der Waals surface area contributed by atoms with Crippen LogP contribution in [0, 0.1) is 12.3 Å². The Labute approximate surface area is 205 Å². The van der Waals surface area contributed by atoms with E-state index in [0.717, 1.165) is 27.6 Å². The summed E-state index contributed by atoms with van der Waals surface area (Å²) in [6.45, 7) is 0. The first-order valence-electron chi connectivity index (χ1n) is 10.5. The number of aliphatic hydroxyl groups is 1. The molecule has 0 aliphatic rings. The molecule has 3 heterocycles. The maximum atomic E-state index is 12.8. The number of rotatable bonds is 4. The zero-order valence-corrected chi connectivity index (χ0v) is 20.1. The van der Waals surface area contributed by atoms with E-state index in [0.29, 0.717) is 20.5 Å². The Kier molecular flexibility index (Phi) is 5.41. The van der Waals surface area contributed by atoms with Gasteiger partial charge in [0.05, 0.1) is 28.1 Å². The Hall–Kier alpha value is -3.63. The first kappa shape index (κ1) is 22.2. The molecule has 1 N–H and O–H groups in total. The van der Waals surface area contributed by atoms with Crippen molar-refractivity contribution < 1.29 is 5.11 Å². The summed E-state index contributed by atoms with van der Waals surface area (Å²) in [5, 5.41) is 13.0. The van der Waals surface area contributed by atoms with E-state index < -0.39 is 5.60 Å². The summed E-state index contributed by atoms with van der Waals surface area (Å²) in [7, 11) is 3.57. The van der Waals surface area contributed by atoms with Crippen LogP contribution in [0.2, 0.25) is 4.34 Å². The zero-order chi connectivity index (χ0) is 24.0. The molecule has 0 aliphatic heterocycles. The molecule has 1 unspecified atom stereocenters. The normalized spacial score (nSPS) is 13.0. The van der Waals surface area contributed by atoms with Gasteiger partial charge in [-0.1, -0.05) is 35.7 Å². The molecule has 0 fully saturated rings. The number of imidazole rings is 1. The van der Waals surface area contributed by atoms with Gasteiger partial charge in [0, 0.05) is 36.0 Å². The highest BCUT2D eigenvalue weighted by molar-refractivity contribution is 7.16. The van der Waals surface area contributed by atoms with Crippen LogP contribution in [0.5, 0.6) is 0 Å². The topological polar surface area (TPSA) is 60.1 Å². The van der Waals surface area contributed by atoms with Crippen LogP contribution in [-0.2, 0) is 19.7 Å². The van der Waals surface area contributed by atoms with Crippen molar-refractivity contribution in [1.82, 2.24) is 14.1 Å². The molecule has 1 atom stereocenters. The number of aryl methyl sites for hydroxylation is 2. The lowest BCUT2D eigenvalue weighted by Gasteiger charge is -2.28. The van der Waals surface area contributed by atoms with E-state index in [-0.39, 0.29) is 5.56 Å². The number of fused-ring (bicyclic) bond motifs is 1. The molecule has 7 heteroatoms. The molecule has 2 aromatic carbocycles. The standard InChI is InChI=1S/C27H20ClN3O2S/c1-4-17-6-5-7-18(12-17)20-14-26(32)31(3)22-9-8-19(13-21(20)22)27(33,23-15-29-16-30(23)2)24-10-11-25(28)34-24/h1,5-16,33H,2-3H3. The van der Waals surface area contributed by atoms with Crippen LogP contribution in [0.3, 0.4) is 0 Å². The third-order valence-corrected chi connectivity index (χ3v) is 7.46. The molecule has 0 amide bonds. The van der Waals surface area contributed by atoms with Crippen molar-refractivity contribution in [3.05, 3.63) is 110 Å². The SMILES string of the molecule is C#Cc1cccc(-c2cc(=O)n(C)c3ccc(C(O)(c4ccc(Cl)s4)c4cncn4C)cc23)c1. The second kappa shape index (κ2) is 8.30. The van der Waals surface area contributed by atoms with Crippen LogP contribution >= 0.6 is 22.9 Å². The molecular weight excluding hydrogens is 466 g/mol. The van der Waals surface area contributed by atoms with Gasteiger partial charge in [-0.25, -0.2) is 4.98 Å². The van der Waals surface area contributed by atoms with E-state index in [2.05, 4.69) is 10.9 Å². The molecule has 5 aromatic rings. The fourth-order valence-electron chi connectivity index (χ4n) is 4.33. The third-order valence-electron chi connectivity index (χ3n) is 6.12. The molecular formula is C27H20ClN3O2S. The van der Waals surface area contributed by atoms with Gasteiger partial charge in [-0.05, 0) is 53.1 Å². The van der Waals surface area contributed by atoms with Crippen LogP contribution in [-0.4, -0.2) is 19.2 Å². The predicted octanol–water partition coefficient (Wildman–Crippen LogP) is 4.92. The average Bonchev–Trinajstić information content (AvgIpc) is 3.49. The molecule has 5 nitrogen and oxygen atoms in total.